The highest BCUT2D eigenvalue weighted by molar-refractivity contribution is 8.00. The Balaban J connectivity index is 2.39. The van der Waals surface area contributed by atoms with Crippen LogP contribution in [-0.4, -0.2) is 29.9 Å². The number of aliphatic hydroxyl groups excluding tert-OH is 1. The molecular weight excluding hydrogens is 282 g/mol. The van der Waals surface area contributed by atoms with Gasteiger partial charge >= 0.3 is 0 Å². The lowest BCUT2D eigenvalue weighted by Crippen LogP contribution is -2.35. The van der Waals surface area contributed by atoms with Gasteiger partial charge in [-0.1, -0.05) is 31.5 Å². The van der Waals surface area contributed by atoms with Gasteiger partial charge in [0, 0.05) is 18.0 Å². The molecule has 0 fully saturated rings. The van der Waals surface area contributed by atoms with Crippen molar-refractivity contribution in [3.8, 4) is 0 Å². The Hall–Kier alpha value is -1.00. The van der Waals surface area contributed by atoms with E-state index in [1.807, 2.05) is 0 Å². The molecule has 0 saturated carbocycles. The average molecular weight is 309 g/mol. The van der Waals surface area contributed by atoms with E-state index in [9.17, 15) is 4.79 Å². The highest BCUT2D eigenvalue weighted by Crippen LogP contribution is 2.24. The quantitative estimate of drug-likeness (QED) is 0.724. The van der Waals surface area contributed by atoms with E-state index in [1.165, 1.54) is 16.0 Å². The number of carbonyl (C=O) groups is 1. The van der Waals surface area contributed by atoms with Gasteiger partial charge in [0.25, 0.3) is 0 Å². The van der Waals surface area contributed by atoms with Crippen LogP contribution < -0.4 is 5.32 Å². The van der Waals surface area contributed by atoms with E-state index in [4.69, 9.17) is 5.11 Å². The first-order valence-electron chi connectivity index (χ1n) is 7.42. The fraction of sp³-hybridized carbons (Fsp3) is 0.588. The van der Waals surface area contributed by atoms with Crippen LogP contribution in [0.2, 0.25) is 0 Å². The van der Waals surface area contributed by atoms with Gasteiger partial charge in [-0.15, -0.1) is 11.8 Å². The molecule has 0 aromatic heterocycles. The molecule has 0 bridgehead atoms. The lowest BCUT2D eigenvalue weighted by Gasteiger charge is -2.24. The van der Waals surface area contributed by atoms with E-state index in [0.717, 1.165) is 12.8 Å². The molecule has 0 heterocycles. The number of thioether (sulfide) groups is 1. The fourth-order valence-electron chi connectivity index (χ4n) is 2.04. The molecule has 0 aliphatic rings. The van der Waals surface area contributed by atoms with Gasteiger partial charge in [0.2, 0.25) is 5.91 Å². The summed E-state index contributed by atoms with van der Waals surface area (Å²) in [5.41, 5.74) is 2.46. The predicted octanol–water partition coefficient (Wildman–Crippen LogP) is 3.31. The largest absolute Gasteiger partial charge is 0.396 e. The van der Waals surface area contributed by atoms with E-state index in [-0.39, 0.29) is 17.9 Å². The van der Waals surface area contributed by atoms with E-state index < -0.39 is 0 Å². The number of aryl methyl sites for hydroxylation is 2. The van der Waals surface area contributed by atoms with Crippen LogP contribution in [0.25, 0.3) is 0 Å². The maximum atomic E-state index is 12.0. The Labute approximate surface area is 132 Å². The van der Waals surface area contributed by atoms with Gasteiger partial charge < -0.3 is 10.4 Å². The lowest BCUT2D eigenvalue weighted by molar-refractivity contribution is -0.119. The second-order valence-electron chi connectivity index (χ2n) is 6.33. The number of amides is 1. The van der Waals surface area contributed by atoms with Gasteiger partial charge in [0.05, 0.1) is 5.75 Å². The topological polar surface area (TPSA) is 49.3 Å². The first-order valence-corrected chi connectivity index (χ1v) is 8.40. The molecule has 1 aromatic rings. The predicted molar refractivity (Wildman–Crippen MR) is 89.8 cm³/mol. The number of carbonyl (C=O) groups excluding carboxylic acids is 1. The maximum Gasteiger partial charge on any atom is 0.230 e. The molecule has 4 heteroatoms. The number of aliphatic hydroxyl groups is 1. The van der Waals surface area contributed by atoms with Crippen molar-refractivity contribution >= 4 is 17.7 Å². The highest BCUT2D eigenvalue weighted by atomic mass is 32.2. The Morgan fingerprint density at radius 1 is 1.33 bits per heavy atom. The number of hydrogen-bond donors (Lipinski definition) is 2. The summed E-state index contributed by atoms with van der Waals surface area (Å²) in [5.74, 6) is 0.512. The van der Waals surface area contributed by atoms with Gasteiger partial charge in [-0.05, 0) is 43.7 Å². The van der Waals surface area contributed by atoms with Gasteiger partial charge in [0.1, 0.15) is 0 Å². The van der Waals surface area contributed by atoms with Crippen molar-refractivity contribution in [3.05, 3.63) is 29.3 Å². The third-order valence-corrected chi connectivity index (χ3v) is 4.64. The summed E-state index contributed by atoms with van der Waals surface area (Å²) >= 11 is 1.59. The zero-order valence-electron chi connectivity index (χ0n) is 13.5. The summed E-state index contributed by atoms with van der Waals surface area (Å²) in [4.78, 5) is 13.1. The van der Waals surface area contributed by atoms with E-state index in [1.54, 1.807) is 11.8 Å². The van der Waals surface area contributed by atoms with Crippen molar-refractivity contribution in [2.45, 2.75) is 45.4 Å². The Bertz CT molecular complexity index is 472. The minimum atomic E-state index is 0.0301. The fourth-order valence-corrected chi connectivity index (χ4v) is 2.99. The molecule has 0 atom stereocenters. The summed E-state index contributed by atoms with van der Waals surface area (Å²) in [6.45, 7) is 9.21. The molecule has 3 nitrogen and oxygen atoms in total. The Kier molecular flexibility index (Phi) is 7.26. The SMILES string of the molecule is Cc1ccc(C)c(SCC(=O)NCC(C)(C)CCCO)c1. The molecule has 118 valence electrons. The van der Waals surface area contributed by atoms with Crippen molar-refractivity contribution < 1.29 is 9.90 Å². The molecular formula is C17H27NO2S. The number of benzene rings is 1. The Morgan fingerprint density at radius 3 is 2.71 bits per heavy atom. The van der Waals surface area contributed by atoms with Gasteiger partial charge in [-0.3, -0.25) is 4.79 Å². The summed E-state index contributed by atoms with van der Waals surface area (Å²) in [6.07, 6.45) is 1.69. The molecule has 1 aromatic carbocycles. The molecule has 1 rings (SSSR count). The molecule has 0 radical (unpaired) electrons. The third-order valence-electron chi connectivity index (χ3n) is 3.48. The summed E-state index contributed by atoms with van der Waals surface area (Å²) in [6, 6.07) is 6.30. The molecule has 0 aliphatic carbocycles. The van der Waals surface area contributed by atoms with Crippen molar-refractivity contribution in [1.29, 1.82) is 0 Å². The van der Waals surface area contributed by atoms with Crippen LogP contribution in [0.4, 0.5) is 0 Å². The second kappa shape index (κ2) is 8.44. The molecule has 2 N–H and O–H groups in total. The highest BCUT2D eigenvalue weighted by Gasteiger charge is 2.18. The molecule has 0 spiro atoms. The van der Waals surface area contributed by atoms with E-state index in [2.05, 4.69) is 51.2 Å². The number of rotatable bonds is 8. The van der Waals surface area contributed by atoms with Crippen LogP contribution in [0.1, 0.15) is 37.8 Å². The first-order chi connectivity index (χ1) is 9.84. The lowest BCUT2D eigenvalue weighted by atomic mass is 9.88. The minimum absolute atomic E-state index is 0.0301. The molecule has 0 aliphatic heterocycles. The smallest absolute Gasteiger partial charge is 0.230 e. The average Bonchev–Trinajstić information content (AvgIpc) is 2.44. The minimum Gasteiger partial charge on any atom is -0.396 e. The number of hydrogen-bond acceptors (Lipinski definition) is 3. The van der Waals surface area contributed by atoms with Gasteiger partial charge in [-0.2, -0.15) is 0 Å². The van der Waals surface area contributed by atoms with Crippen molar-refractivity contribution in [2.75, 3.05) is 18.9 Å². The van der Waals surface area contributed by atoms with Crippen molar-refractivity contribution in [2.24, 2.45) is 5.41 Å². The summed E-state index contributed by atoms with van der Waals surface area (Å²) in [7, 11) is 0. The molecule has 1 amide bonds. The van der Waals surface area contributed by atoms with Crippen LogP contribution in [-0.2, 0) is 4.79 Å². The van der Waals surface area contributed by atoms with Crippen molar-refractivity contribution in [3.63, 3.8) is 0 Å². The monoisotopic (exact) mass is 309 g/mol. The number of nitrogens with one attached hydrogen (secondary N) is 1. The zero-order chi connectivity index (χ0) is 15.9. The normalized spacial score (nSPS) is 11.5. The van der Waals surface area contributed by atoms with Crippen LogP contribution in [0, 0.1) is 19.3 Å². The first kappa shape index (κ1) is 18.1. The Morgan fingerprint density at radius 2 is 2.05 bits per heavy atom. The zero-order valence-corrected chi connectivity index (χ0v) is 14.3. The standard InChI is InChI=1S/C17H27NO2S/c1-13-6-7-14(2)15(10-13)21-11-16(20)18-12-17(3,4)8-5-9-19/h6-7,10,19H,5,8-9,11-12H2,1-4H3,(H,18,20). The van der Waals surface area contributed by atoms with Crippen molar-refractivity contribution in [1.82, 2.24) is 5.32 Å². The van der Waals surface area contributed by atoms with Crippen LogP contribution in [0.5, 0.6) is 0 Å². The van der Waals surface area contributed by atoms with Gasteiger partial charge in [-0.25, -0.2) is 0 Å². The van der Waals surface area contributed by atoms with Crippen LogP contribution >= 0.6 is 11.8 Å². The van der Waals surface area contributed by atoms with Crippen LogP contribution in [0.3, 0.4) is 0 Å². The van der Waals surface area contributed by atoms with E-state index >= 15 is 0 Å². The van der Waals surface area contributed by atoms with Gasteiger partial charge in [0.15, 0.2) is 0 Å². The van der Waals surface area contributed by atoms with Crippen LogP contribution in [0.15, 0.2) is 23.1 Å². The second-order valence-corrected chi connectivity index (χ2v) is 7.34. The molecule has 21 heavy (non-hydrogen) atoms. The summed E-state index contributed by atoms with van der Waals surface area (Å²) < 4.78 is 0. The van der Waals surface area contributed by atoms with E-state index in [0.29, 0.717) is 12.3 Å². The summed E-state index contributed by atoms with van der Waals surface area (Å²) in [5, 5.41) is 11.9. The third kappa shape index (κ3) is 7.00. The maximum absolute atomic E-state index is 12.0. The molecule has 0 saturated heterocycles. The molecule has 0 unspecified atom stereocenters.